The molecule has 0 bridgehead atoms. The Balaban J connectivity index is 2.97. The molecule has 1 rings (SSSR count). The zero-order valence-corrected chi connectivity index (χ0v) is 10.9. The van der Waals surface area contributed by atoms with Crippen LogP contribution < -0.4 is 11.1 Å². The van der Waals surface area contributed by atoms with E-state index in [9.17, 15) is 5.11 Å². The van der Waals surface area contributed by atoms with Crippen LogP contribution in [0.5, 0.6) is 0 Å². The number of nitrogens with two attached hydrogens (primary N) is 1. The quantitative estimate of drug-likeness (QED) is 0.715. The Hall–Kier alpha value is -0.930. The first-order chi connectivity index (χ1) is 7.13. The largest absolute Gasteiger partial charge is 0.399 e. The molecule has 0 aromatic heterocycles. The molecular formula is C12H19ClN2O. The van der Waals surface area contributed by atoms with Crippen molar-refractivity contribution in [1.29, 1.82) is 0 Å². The zero-order valence-electron chi connectivity index (χ0n) is 10.1. The maximum atomic E-state index is 10.0. The van der Waals surface area contributed by atoms with Crippen LogP contribution in [0.1, 0.15) is 27.7 Å². The smallest absolute Gasteiger partial charge is 0.0814 e. The predicted octanol–water partition coefficient (Wildman–Crippen LogP) is 2.88. The van der Waals surface area contributed by atoms with Crippen LogP contribution in [0.4, 0.5) is 11.4 Å². The highest BCUT2D eigenvalue weighted by atomic mass is 35.5. The molecule has 0 fully saturated rings. The van der Waals surface area contributed by atoms with Crippen LogP contribution in [0.3, 0.4) is 0 Å². The van der Waals surface area contributed by atoms with Crippen molar-refractivity contribution in [3.8, 4) is 0 Å². The fourth-order valence-electron chi connectivity index (χ4n) is 1.12. The van der Waals surface area contributed by atoms with Crippen molar-refractivity contribution in [3.63, 3.8) is 0 Å². The Morgan fingerprint density at radius 3 is 2.25 bits per heavy atom. The highest BCUT2D eigenvalue weighted by Crippen LogP contribution is 2.31. The van der Waals surface area contributed by atoms with Gasteiger partial charge in [-0.2, -0.15) is 0 Å². The number of hydrogen-bond acceptors (Lipinski definition) is 3. The van der Waals surface area contributed by atoms with Gasteiger partial charge in [-0.25, -0.2) is 0 Å². The Morgan fingerprint density at radius 2 is 1.81 bits per heavy atom. The molecular weight excluding hydrogens is 224 g/mol. The van der Waals surface area contributed by atoms with Crippen molar-refractivity contribution >= 4 is 23.0 Å². The standard InChI is InChI=1S/C12H19ClN2O/c1-11(2,12(3,4)16)15-10-6-5-8(14)7-9(10)13/h5-7,15-16H,14H2,1-4H3. The van der Waals surface area contributed by atoms with Gasteiger partial charge in [0.15, 0.2) is 0 Å². The molecule has 0 aliphatic rings. The third kappa shape index (κ3) is 2.80. The lowest BCUT2D eigenvalue weighted by molar-refractivity contribution is 0.0240. The third-order valence-electron chi connectivity index (χ3n) is 2.97. The Morgan fingerprint density at radius 1 is 1.25 bits per heavy atom. The lowest BCUT2D eigenvalue weighted by atomic mass is 9.86. The first kappa shape index (κ1) is 13.1. The molecule has 0 aliphatic heterocycles. The Kier molecular flexibility index (Phi) is 3.41. The highest BCUT2D eigenvalue weighted by molar-refractivity contribution is 6.33. The molecule has 0 atom stereocenters. The van der Waals surface area contributed by atoms with E-state index in [-0.39, 0.29) is 0 Å². The van der Waals surface area contributed by atoms with Crippen molar-refractivity contribution in [1.82, 2.24) is 0 Å². The van der Waals surface area contributed by atoms with Crippen LogP contribution in [-0.2, 0) is 0 Å². The second-order valence-electron chi connectivity index (χ2n) is 5.05. The minimum absolute atomic E-state index is 0.493. The summed E-state index contributed by atoms with van der Waals surface area (Å²) in [4.78, 5) is 0. The molecule has 90 valence electrons. The molecule has 0 unspecified atom stereocenters. The van der Waals surface area contributed by atoms with E-state index in [1.165, 1.54) is 0 Å². The lowest BCUT2D eigenvalue weighted by Gasteiger charge is -2.39. The average Bonchev–Trinajstić information content (AvgIpc) is 2.08. The SMILES string of the molecule is CC(C)(O)C(C)(C)Nc1ccc(N)cc1Cl. The van der Waals surface area contributed by atoms with Gasteiger partial charge in [-0.05, 0) is 45.9 Å². The minimum Gasteiger partial charge on any atom is -0.399 e. The van der Waals surface area contributed by atoms with E-state index in [0.29, 0.717) is 10.7 Å². The van der Waals surface area contributed by atoms with Gasteiger partial charge in [0.05, 0.1) is 21.8 Å². The number of aliphatic hydroxyl groups is 1. The number of hydrogen-bond donors (Lipinski definition) is 3. The monoisotopic (exact) mass is 242 g/mol. The molecule has 0 saturated carbocycles. The summed E-state index contributed by atoms with van der Waals surface area (Å²) in [5.74, 6) is 0. The van der Waals surface area contributed by atoms with Crippen molar-refractivity contribution < 1.29 is 5.11 Å². The van der Waals surface area contributed by atoms with Crippen molar-refractivity contribution in [2.24, 2.45) is 0 Å². The number of halogens is 1. The predicted molar refractivity (Wildman–Crippen MR) is 69.9 cm³/mol. The lowest BCUT2D eigenvalue weighted by Crippen LogP contribution is -2.51. The Labute approximate surface area is 102 Å². The molecule has 4 N–H and O–H groups in total. The van der Waals surface area contributed by atoms with E-state index in [1.54, 1.807) is 26.0 Å². The fraction of sp³-hybridized carbons (Fsp3) is 0.500. The van der Waals surface area contributed by atoms with E-state index in [2.05, 4.69) is 5.32 Å². The molecule has 16 heavy (non-hydrogen) atoms. The molecule has 0 saturated heterocycles. The maximum Gasteiger partial charge on any atom is 0.0814 e. The molecule has 1 aromatic rings. The van der Waals surface area contributed by atoms with Crippen LogP contribution in [0.2, 0.25) is 5.02 Å². The van der Waals surface area contributed by atoms with Crippen LogP contribution in [-0.4, -0.2) is 16.2 Å². The Bertz CT molecular complexity index is 383. The molecule has 1 aromatic carbocycles. The summed E-state index contributed by atoms with van der Waals surface area (Å²) in [6, 6.07) is 5.27. The first-order valence-electron chi connectivity index (χ1n) is 5.19. The van der Waals surface area contributed by atoms with Gasteiger partial charge in [0, 0.05) is 5.69 Å². The summed E-state index contributed by atoms with van der Waals surface area (Å²) >= 11 is 6.06. The van der Waals surface area contributed by atoms with Crippen LogP contribution in [0, 0.1) is 0 Å². The normalized spacial score (nSPS) is 12.6. The zero-order chi connectivity index (χ0) is 12.6. The number of rotatable bonds is 3. The molecule has 0 radical (unpaired) electrons. The number of benzene rings is 1. The minimum atomic E-state index is -0.863. The van der Waals surface area contributed by atoms with Crippen LogP contribution in [0.15, 0.2) is 18.2 Å². The molecule has 3 nitrogen and oxygen atoms in total. The molecule has 0 aliphatic carbocycles. The van der Waals surface area contributed by atoms with E-state index >= 15 is 0 Å². The van der Waals surface area contributed by atoms with Crippen molar-refractivity contribution in [2.75, 3.05) is 11.1 Å². The second kappa shape index (κ2) is 4.15. The van der Waals surface area contributed by atoms with E-state index in [4.69, 9.17) is 17.3 Å². The van der Waals surface area contributed by atoms with Gasteiger partial charge in [0.2, 0.25) is 0 Å². The third-order valence-corrected chi connectivity index (χ3v) is 3.28. The average molecular weight is 243 g/mol. The van der Waals surface area contributed by atoms with Crippen LogP contribution >= 0.6 is 11.6 Å². The topological polar surface area (TPSA) is 58.3 Å². The summed E-state index contributed by atoms with van der Waals surface area (Å²) < 4.78 is 0. The summed E-state index contributed by atoms with van der Waals surface area (Å²) in [6.07, 6.45) is 0. The van der Waals surface area contributed by atoms with Crippen LogP contribution in [0.25, 0.3) is 0 Å². The van der Waals surface area contributed by atoms with Gasteiger partial charge < -0.3 is 16.2 Å². The number of nitrogens with one attached hydrogen (secondary N) is 1. The summed E-state index contributed by atoms with van der Waals surface area (Å²) in [6.45, 7) is 7.34. The molecule has 0 spiro atoms. The summed E-state index contributed by atoms with van der Waals surface area (Å²) in [7, 11) is 0. The molecule has 0 amide bonds. The molecule has 4 heteroatoms. The van der Waals surface area contributed by atoms with E-state index < -0.39 is 11.1 Å². The van der Waals surface area contributed by atoms with Crippen molar-refractivity contribution in [2.45, 2.75) is 38.8 Å². The highest BCUT2D eigenvalue weighted by Gasteiger charge is 2.35. The van der Waals surface area contributed by atoms with E-state index in [0.717, 1.165) is 5.69 Å². The van der Waals surface area contributed by atoms with Gasteiger partial charge in [-0.3, -0.25) is 0 Å². The number of nitrogen functional groups attached to an aromatic ring is 1. The van der Waals surface area contributed by atoms with Gasteiger partial charge in [0.1, 0.15) is 0 Å². The van der Waals surface area contributed by atoms with Gasteiger partial charge in [0.25, 0.3) is 0 Å². The van der Waals surface area contributed by atoms with Gasteiger partial charge in [-0.1, -0.05) is 11.6 Å². The maximum absolute atomic E-state index is 10.0. The van der Waals surface area contributed by atoms with Gasteiger partial charge >= 0.3 is 0 Å². The second-order valence-corrected chi connectivity index (χ2v) is 5.46. The molecule has 0 heterocycles. The van der Waals surface area contributed by atoms with Crippen molar-refractivity contribution in [3.05, 3.63) is 23.2 Å². The fourth-order valence-corrected chi connectivity index (χ4v) is 1.36. The number of anilines is 2. The van der Waals surface area contributed by atoms with E-state index in [1.807, 2.05) is 19.9 Å². The first-order valence-corrected chi connectivity index (χ1v) is 5.57. The summed E-state index contributed by atoms with van der Waals surface area (Å²) in [5, 5.41) is 13.8. The van der Waals surface area contributed by atoms with Gasteiger partial charge in [-0.15, -0.1) is 0 Å². The summed E-state index contributed by atoms with van der Waals surface area (Å²) in [5.41, 5.74) is 5.65.